The predicted molar refractivity (Wildman–Crippen MR) is 89.0 cm³/mol. The molecule has 2 amide bonds. The van der Waals surface area contributed by atoms with E-state index in [-0.39, 0.29) is 23.6 Å². The quantitative estimate of drug-likeness (QED) is 0.798. The molecule has 3 rings (SSSR count). The summed E-state index contributed by atoms with van der Waals surface area (Å²) in [4.78, 5) is 16.3. The highest BCUT2D eigenvalue weighted by atomic mass is 32.2. The maximum atomic E-state index is 12.8. The van der Waals surface area contributed by atoms with Gasteiger partial charge in [-0.2, -0.15) is 4.31 Å². The smallest absolute Gasteiger partial charge is 0.321 e. The largest absolute Gasteiger partial charge is 0.378 e. The zero-order valence-corrected chi connectivity index (χ0v) is 14.8. The third kappa shape index (κ3) is 3.26. The van der Waals surface area contributed by atoms with Crippen LogP contribution in [0.3, 0.4) is 0 Å². The van der Waals surface area contributed by atoms with E-state index in [1.807, 2.05) is 13.8 Å². The minimum atomic E-state index is -3.59. The average Bonchev–Trinajstić information content (AvgIpc) is 2.98. The molecule has 2 saturated heterocycles. The van der Waals surface area contributed by atoms with Crippen molar-refractivity contribution in [2.75, 3.05) is 39.5 Å². The molecule has 8 heteroatoms. The standard InChI is InChI=1S/C16H23N3O4S/c1-13-3-5-15(6-4-13)24(21,22)18-11-14(2)19(12-18)16(20)17-7-9-23-10-8-17/h3-6,14H,7-12H2,1-2H3/t14-/m1/s1. The van der Waals surface area contributed by atoms with Gasteiger partial charge in [0.1, 0.15) is 0 Å². The van der Waals surface area contributed by atoms with Crippen LogP contribution < -0.4 is 0 Å². The summed E-state index contributed by atoms with van der Waals surface area (Å²) in [6.45, 7) is 6.35. The van der Waals surface area contributed by atoms with E-state index >= 15 is 0 Å². The molecule has 1 atom stereocenters. The van der Waals surface area contributed by atoms with Crippen molar-refractivity contribution < 1.29 is 17.9 Å². The van der Waals surface area contributed by atoms with Gasteiger partial charge in [-0.05, 0) is 26.0 Å². The number of aryl methyl sites for hydroxylation is 1. The highest BCUT2D eigenvalue weighted by Crippen LogP contribution is 2.24. The van der Waals surface area contributed by atoms with Crippen molar-refractivity contribution in [3.05, 3.63) is 29.8 Å². The third-order valence-corrected chi connectivity index (χ3v) is 6.31. The van der Waals surface area contributed by atoms with Crippen LogP contribution in [0.4, 0.5) is 4.79 Å². The second-order valence-electron chi connectivity index (χ2n) is 6.29. The minimum absolute atomic E-state index is 0.0908. The molecule has 2 heterocycles. The van der Waals surface area contributed by atoms with Crippen molar-refractivity contribution in [1.82, 2.24) is 14.1 Å². The molecular weight excluding hydrogens is 330 g/mol. The first-order chi connectivity index (χ1) is 11.4. The number of carbonyl (C=O) groups is 1. The second kappa shape index (κ2) is 6.70. The second-order valence-corrected chi connectivity index (χ2v) is 8.23. The van der Waals surface area contributed by atoms with E-state index in [2.05, 4.69) is 0 Å². The number of ether oxygens (including phenoxy) is 1. The molecule has 0 spiro atoms. The van der Waals surface area contributed by atoms with Crippen LogP contribution in [-0.4, -0.2) is 74.1 Å². The lowest BCUT2D eigenvalue weighted by molar-refractivity contribution is 0.0424. The first-order valence-corrected chi connectivity index (χ1v) is 9.54. The third-order valence-electron chi connectivity index (χ3n) is 4.50. The molecule has 1 aromatic rings. The zero-order chi connectivity index (χ0) is 17.3. The van der Waals surface area contributed by atoms with Crippen molar-refractivity contribution in [3.63, 3.8) is 0 Å². The maximum Gasteiger partial charge on any atom is 0.321 e. The molecule has 0 bridgehead atoms. The van der Waals surface area contributed by atoms with Gasteiger partial charge >= 0.3 is 6.03 Å². The molecule has 1 aromatic carbocycles. The lowest BCUT2D eigenvalue weighted by Crippen LogP contribution is -2.49. The Labute approximate surface area is 142 Å². The first kappa shape index (κ1) is 17.2. The molecule has 0 saturated carbocycles. The molecule has 2 aliphatic rings. The van der Waals surface area contributed by atoms with E-state index in [4.69, 9.17) is 4.74 Å². The van der Waals surface area contributed by atoms with Gasteiger partial charge in [0, 0.05) is 25.7 Å². The zero-order valence-electron chi connectivity index (χ0n) is 14.0. The molecule has 24 heavy (non-hydrogen) atoms. The molecule has 7 nitrogen and oxygen atoms in total. The molecule has 0 aromatic heterocycles. The fourth-order valence-electron chi connectivity index (χ4n) is 2.98. The number of carbonyl (C=O) groups excluding carboxylic acids is 1. The predicted octanol–water partition coefficient (Wildman–Crippen LogP) is 1.10. The highest BCUT2D eigenvalue weighted by Gasteiger charge is 2.39. The first-order valence-electron chi connectivity index (χ1n) is 8.10. The summed E-state index contributed by atoms with van der Waals surface area (Å²) in [5.74, 6) is 0. The van der Waals surface area contributed by atoms with Gasteiger partial charge in [-0.3, -0.25) is 0 Å². The van der Waals surface area contributed by atoms with Crippen molar-refractivity contribution >= 4 is 16.1 Å². The van der Waals surface area contributed by atoms with Gasteiger partial charge in [0.05, 0.1) is 24.8 Å². The fraction of sp³-hybridized carbons (Fsp3) is 0.562. The van der Waals surface area contributed by atoms with E-state index in [9.17, 15) is 13.2 Å². The summed E-state index contributed by atoms with van der Waals surface area (Å²) in [6.07, 6.45) is 0. The Morgan fingerprint density at radius 3 is 2.42 bits per heavy atom. The van der Waals surface area contributed by atoms with Crippen LogP contribution in [0.25, 0.3) is 0 Å². The Morgan fingerprint density at radius 2 is 1.79 bits per heavy atom. The Balaban J connectivity index is 1.75. The Kier molecular flexibility index (Phi) is 4.80. The van der Waals surface area contributed by atoms with E-state index in [0.29, 0.717) is 32.8 Å². The number of sulfonamides is 1. The summed E-state index contributed by atoms with van der Waals surface area (Å²) in [5.41, 5.74) is 1.01. The van der Waals surface area contributed by atoms with Gasteiger partial charge in [0.25, 0.3) is 0 Å². The molecular formula is C16H23N3O4S. The molecule has 132 valence electrons. The minimum Gasteiger partial charge on any atom is -0.378 e. The van der Waals surface area contributed by atoms with Crippen LogP contribution >= 0.6 is 0 Å². The van der Waals surface area contributed by atoms with Crippen LogP contribution in [0, 0.1) is 6.92 Å². The van der Waals surface area contributed by atoms with Crippen molar-refractivity contribution in [1.29, 1.82) is 0 Å². The summed E-state index contributed by atoms with van der Waals surface area (Å²) in [7, 11) is -3.59. The Bertz CT molecular complexity index is 699. The highest BCUT2D eigenvalue weighted by molar-refractivity contribution is 7.89. The summed E-state index contributed by atoms with van der Waals surface area (Å²) < 4.78 is 32.2. The van der Waals surface area contributed by atoms with Crippen LogP contribution in [-0.2, 0) is 14.8 Å². The summed E-state index contributed by atoms with van der Waals surface area (Å²) in [5, 5.41) is 0. The van der Waals surface area contributed by atoms with Gasteiger partial charge in [0.2, 0.25) is 10.0 Å². The lowest BCUT2D eigenvalue weighted by atomic mass is 10.2. The topological polar surface area (TPSA) is 70.2 Å². The lowest BCUT2D eigenvalue weighted by Gasteiger charge is -2.32. The van der Waals surface area contributed by atoms with Crippen LogP contribution in [0.15, 0.2) is 29.2 Å². The Hall–Kier alpha value is -1.64. The number of hydrogen-bond acceptors (Lipinski definition) is 4. The van der Waals surface area contributed by atoms with Crippen molar-refractivity contribution in [3.8, 4) is 0 Å². The van der Waals surface area contributed by atoms with Gasteiger partial charge in [-0.25, -0.2) is 13.2 Å². The molecule has 0 radical (unpaired) electrons. The molecule has 0 N–H and O–H groups in total. The number of amides is 2. The SMILES string of the molecule is Cc1ccc(S(=O)(=O)N2C[C@@H](C)N(C(=O)N3CCOCC3)C2)cc1. The van der Waals surface area contributed by atoms with Crippen LogP contribution in [0.1, 0.15) is 12.5 Å². The fourth-order valence-corrected chi connectivity index (χ4v) is 4.45. The van der Waals surface area contributed by atoms with E-state index in [1.165, 1.54) is 4.31 Å². The summed E-state index contributed by atoms with van der Waals surface area (Å²) >= 11 is 0. The maximum absolute atomic E-state index is 12.8. The number of nitrogens with zero attached hydrogens (tertiary/aromatic N) is 3. The summed E-state index contributed by atoms with van der Waals surface area (Å²) in [6, 6.07) is 6.52. The van der Waals surface area contributed by atoms with Gasteiger partial charge < -0.3 is 14.5 Å². The number of morpholine rings is 1. The van der Waals surface area contributed by atoms with Crippen molar-refractivity contribution in [2.24, 2.45) is 0 Å². The normalized spacial score (nSPS) is 22.8. The monoisotopic (exact) mass is 353 g/mol. The average molecular weight is 353 g/mol. The number of hydrogen-bond donors (Lipinski definition) is 0. The van der Waals surface area contributed by atoms with Crippen LogP contribution in [0.2, 0.25) is 0 Å². The number of rotatable bonds is 2. The molecule has 0 unspecified atom stereocenters. The van der Waals surface area contributed by atoms with E-state index < -0.39 is 10.0 Å². The number of benzene rings is 1. The number of urea groups is 1. The Morgan fingerprint density at radius 1 is 1.17 bits per heavy atom. The van der Waals surface area contributed by atoms with Gasteiger partial charge in [-0.15, -0.1) is 0 Å². The molecule has 2 aliphatic heterocycles. The molecule has 2 fully saturated rings. The molecule has 0 aliphatic carbocycles. The van der Waals surface area contributed by atoms with E-state index in [0.717, 1.165) is 5.56 Å². The van der Waals surface area contributed by atoms with Crippen LogP contribution in [0.5, 0.6) is 0 Å². The van der Waals surface area contributed by atoms with E-state index in [1.54, 1.807) is 34.1 Å². The van der Waals surface area contributed by atoms with Crippen molar-refractivity contribution in [2.45, 2.75) is 24.8 Å². The van der Waals surface area contributed by atoms with Gasteiger partial charge in [-0.1, -0.05) is 17.7 Å². The van der Waals surface area contributed by atoms with Gasteiger partial charge in [0.15, 0.2) is 0 Å².